The van der Waals surface area contributed by atoms with Crippen LogP contribution in [0, 0.1) is 5.41 Å². The van der Waals surface area contributed by atoms with Crippen LogP contribution < -0.4 is 4.74 Å². The van der Waals surface area contributed by atoms with Crippen LogP contribution in [-0.2, 0) is 4.79 Å². The Bertz CT molecular complexity index is 744. The third-order valence-corrected chi connectivity index (χ3v) is 5.53. The first kappa shape index (κ1) is 23.3. The van der Waals surface area contributed by atoms with E-state index in [9.17, 15) is 4.79 Å². The van der Waals surface area contributed by atoms with Crippen LogP contribution in [0.4, 0.5) is 0 Å². The van der Waals surface area contributed by atoms with Crippen LogP contribution in [-0.4, -0.2) is 46.9 Å². The lowest BCUT2D eigenvalue weighted by Crippen LogP contribution is -2.36. The summed E-state index contributed by atoms with van der Waals surface area (Å²) in [7, 11) is 0. The Morgan fingerprint density at radius 2 is 2.10 bits per heavy atom. The van der Waals surface area contributed by atoms with E-state index in [4.69, 9.17) is 4.74 Å². The Morgan fingerprint density at radius 3 is 2.69 bits per heavy atom. The number of nitrogens with zero attached hydrogens (tertiary/aromatic N) is 3. The van der Waals surface area contributed by atoms with Crippen molar-refractivity contribution in [3.63, 3.8) is 0 Å². The molecular weight excluding hydrogens is 430 g/mol. The second-order valence-electron chi connectivity index (χ2n) is 8.13. The van der Waals surface area contributed by atoms with E-state index in [0.717, 1.165) is 66.0 Å². The van der Waals surface area contributed by atoms with E-state index in [2.05, 4.69) is 51.2 Å². The Labute approximate surface area is 183 Å². The third kappa shape index (κ3) is 7.42. The maximum Gasteiger partial charge on any atom is 0.137 e. The van der Waals surface area contributed by atoms with E-state index in [1.807, 2.05) is 25.3 Å². The number of carbonyl (C=O) groups is 1. The van der Waals surface area contributed by atoms with E-state index in [-0.39, 0.29) is 0 Å². The van der Waals surface area contributed by atoms with Gasteiger partial charge in [-0.15, -0.1) is 0 Å². The molecule has 2 rings (SSSR count). The van der Waals surface area contributed by atoms with Crippen LogP contribution in [0.1, 0.15) is 52.1 Å². The van der Waals surface area contributed by atoms with Gasteiger partial charge in [-0.3, -0.25) is 9.98 Å². The van der Waals surface area contributed by atoms with Crippen LogP contribution in [0.3, 0.4) is 0 Å². The Morgan fingerprint density at radius 1 is 1.38 bits per heavy atom. The molecule has 6 heteroatoms. The zero-order valence-corrected chi connectivity index (χ0v) is 19.4. The molecule has 1 aliphatic heterocycles. The molecule has 1 aliphatic rings. The van der Waals surface area contributed by atoms with Gasteiger partial charge in [0.05, 0.1) is 18.5 Å². The molecule has 0 radical (unpaired) electrons. The number of piperidine rings is 1. The van der Waals surface area contributed by atoms with E-state index in [0.29, 0.717) is 24.9 Å². The zero-order chi connectivity index (χ0) is 21.3. The highest BCUT2D eigenvalue weighted by molar-refractivity contribution is 9.09. The molecule has 0 amide bonds. The largest absolute Gasteiger partial charge is 0.491 e. The fraction of sp³-hybridized carbons (Fsp3) is 0.522. The molecule has 1 aromatic rings. The number of carbonyl (C=O) groups excluding carboxylic acids is 1. The molecule has 158 valence electrons. The molecule has 0 saturated carbocycles. The average Bonchev–Trinajstić information content (AvgIpc) is 2.71. The molecule has 0 spiro atoms. The number of allylic oxidation sites excluding steroid dienone is 1. The number of likely N-dealkylation sites (tertiary alicyclic amines) is 1. The smallest absolute Gasteiger partial charge is 0.137 e. The standard InChI is InChI=1S/C23H32BrN3O2/c1-18(6-5-14-28)25-17-21(19(2)27-12-9-23(3,4)10-13-27)22-8-7-20(16-26-22)29-15-11-24/h7-8,14,16-17H,2,5-6,9-13,15H2,1,3-4H3/b21-17+,25-18?. The summed E-state index contributed by atoms with van der Waals surface area (Å²) in [6.07, 6.45) is 7.90. The molecule has 0 bridgehead atoms. The van der Waals surface area contributed by atoms with Crippen LogP contribution in [0.5, 0.6) is 5.75 Å². The highest BCUT2D eigenvalue weighted by Crippen LogP contribution is 2.34. The minimum atomic E-state index is 0.372. The van der Waals surface area contributed by atoms with Gasteiger partial charge in [0.25, 0.3) is 0 Å². The van der Waals surface area contributed by atoms with Crippen LogP contribution >= 0.6 is 15.9 Å². The molecule has 0 aromatic carbocycles. The Balaban J connectivity index is 2.25. The molecule has 1 aromatic heterocycles. The van der Waals surface area contributed by atoms with E-state index >= 15 is 0 Å². The third-order valence-electron chi connectivity index (χ3n) is 5.21. The number of ether oxygens (including phenoxy) is 1. The van der Waals surface area contributed by atoms with E-state index in [1.54, 1.807) is 6.20 Å². The first-order valence-corrected chi connectivity index (χ1v) is 11.2. The molecule has 1 saturated heterocycles. The lowest BCUT2D eigenvalue weighted by Gasteiger charge is -2.39. The van der Waals surface area contributed by atoms with Gasteiger partial charge in [0.15, 0.2) is 0 Å². The second kappa shape index (κ2) is 11.3. The summed E-state index contributed by atoms with van der Waals surface area (Å²) < 4.78 is 5.61. The SMILES string of the molecule is C=C(/C(=C\N=C(C)CCC=O)c1ccc(OCCBr)cn1)N1CCC(C)(C)CC1. The number of pyridine rings is 1. The monoisotopic (exact) mass is 461 g/mol. The lowest BCUT2D eigenvalue weighted by atomic mass is 9.82. The van der Waals surface area contributed by atoms with Gasteiger partial charge >= 0.3 is 0 Å². The van der Waals surface area contributed by atoms with Gasteiger partial charge in [-0.2, -0.15) is 0 Å². The Hall–Kier alpha value is -1.95. The van der Waals surface area contributed by atoms with Crippen molar-refractivity contribution in [2.24, 2.45) is 10.4 Å². The van der Waals surface area contributed by atoms with Crippen molar-refractivity contribution in [1.82, 2.24) is 9.88 Å². The van der Waals surface area contributed by atoms with Crippen molar-refractivity contribution in [3.8, 4) is 5.75 Å². The molecule has 29 heavy (non-hydrogen) atoms. The predicted molar refractivity (Wildman–Crippen MR) is 124 cm³/mol. The quantitative estimate of drug-likeness (QED) is 0.206. The van der Waals surface area contributed by atoms with Crippen molar-refractivity contribution in [2.75, 3.05) is 25.0 Å². The minimum absolute atomic E-state index is 0.372. The molecular formula is C23H32BrN3O2. The summed E-state index contributed by atoms with van der Waals surface area (Å²) in [4.78, 5) is 22.1. The van der Waals surface area contributed by atoms with Crippen LogP contribution in [0.2, 0.25) is 0 Å². The predicted octanol–water partition coefficient (Wildman–Crippen LogP) is 5.27. The van der Waals surface area contributed by atoms with Gasteiger partial charge in [0, 0.05) is 48.0 Å². The van der Waals surface area contributed by atoms with Crippen LogP contribution in [0.25, 0.3) is 5.57 Å². The number of aldehydes is 1. The van der Waals surface area contributed by atoms with Crippen molar-refractivity contribution in [1.29, 1.82) is 0 Å². The van der Waals surface area contributed by atoms with E-state index < -0.39 is 0 Å². The molecule has 1 fully saturated rings. The molecule has 0 aliphatic carbocycles. The van der Waals surface area contributed by atoms with Gasteiger partial charge in [0.1, 0.15) is 12.0 Å². The Kier molecular flexibility index (Phi) is 9.08. The maximum absolute atomic E-state index is 10.6. The number of hydrogen-bond acceptors (Lipinski definition) is 5. The fourth-order valence-corrected chi connectivity index (χ4v) is 3.29. The summed E-state index contributed by atoms with van der Waals surface area (Å²) in [5.74, 6) is 0.739. The number of aliphatic imine (C=N–C) groups is 1. The summed E-state index contributed by atoms with van der Waals surface area (Å²) in [6.45, 7) is 13.5. The maximum atomic E-state index is 10.6. The van der Waals surface area contributed by atoms with Crippen molar-refractivity contribution < 1.29 is 9.53 Å². The molecule has 0 unspecified atom stereocenters. The fourth-order valence-electron chi connectivity index (χ4n) is 3.13. The van der Waals surface area contributed by atoms with Crippen molar-refractivity contribution >= 4 is 33.5 Å². The average molecular weight is 462 g/mol. The van der Waals surface area contributed by atoms with E-state index in [1.165, 1.54) is 0 Å². The molecule has 0 atom stereocenters. The number of rotatable bonds is 10. The van der Waals surface area contributed by atoms with Crippen molar-refractivity contribution in [2.45, 2.75) is 46.5 Å². The molecule has 0 N–H and O–H groups in total. The first-order chi connectivity index (χ1) is 13.9. The summed E-state index contributed by atoms with van der Waals surface area (Å²) in [6, 6.07) is 3.87. The number of alkyl halides is 1. The second-order valence-corrected chi connectivity index (χ2v) is 8.92. The summed E-state index contributed by atoms with van der Waals surface area (Å²) >= 11 is 3.36. The number of halogens is 1. The van der Waals surface area contributed by atoms with Gasteiger partial charge in [0.2, 0.25) is 0 Å². The molecule has 2 heterocycles. The summed E-state index contributed by atoms with van der Waals surface area (Å²) in [5.41, 5.74) is 3.95. The topological polar surface area (TPSA) is 54.8 Å². The van der Waals surface area contributed by atoms with Gasteiger partial charge in [-0.1, -0.05) is 36.4 Å². The van der Waals surface area contributed by atoms with Gasteiger partial charge in [-0.05, 0) is 43.7 Å². The van der Waals surface area contributed by atoms with Crippen LogP contribution in [0.15, 0.2) is 41.8 Å². The normalized spacial score (nSPS) is 17.2. The molecule has 5 nitrogen and oxygen atoms in total. The zero-order valence-electron chi connectivity index (χ0n) is 17.8. The number of aromatic nitrogens is 1. The highest BCUT2D eigenvalue weighted by atomic mass is 79.9. The summed E-state index contributed by atoms with van der Waals surface area (Å²) in [5, 5.41) is 0.775. The highest BCUT2D eigenvalue weighted by Gasteiger charge is 2.27. The first-order valence-electron chi connectivity index (χ1n) is 10.1. The van der Waals surface area contributed by atoms with Gasteiger partial charge < -0.3 is 14.4 Å². The van der Waals surface area contributed by atoms with Gasteiger partial charge in [-0.25, -0.2) is 0 Å². The minimum Gasteiger partial charge on any atom is -0.491 e. The van der Waals surface area contributed by atoms with Crippen molar-refractivity contribution in [3.05, 3.63) is 42.5 Å². The lowest BCUT2D eigenvalue weighted by molar-refractivity contribution is -0.107. The number of hydrogen-bond donors (Lipinski definition) is 0.